The quantitative estimate of drug-likeness (QED) is 0.524. The van der Waals surface area contributed by atoms with Crippen molar-refractivity contribution in [3.05, 3.63) is 23.8 Å². The fourth-order valence-corrected chi connectivity index (χ4v) is 7.35. The van der Waals surface area contributed by atoms with Crippen molar-refractivity contribution in [2.45, 2.75) is 91.0 Å². The van der Waals surface area contributed by atoms with E-state index in [0.717, 1.165) is 24.8 Å². The molecule has 0 aromatic heterocycles. The van der Waals surface area contributed by atoms with E-state index in [9.17, 15) is 29.7 Å². The van der Waals surface area contributed by atoms with Gasteiger partial charge in [0.05, 0.1) is 6.10 Å². The number of carbonyl (C=O) groups is 3. The van der Waals surface area contributed by atoms with Crippen molar-refractivity contribution >= 4 is 17.5 Å². The second-order valence-corrected chi connectivity index (χ2v) is 11.9. The van der Waals surface area contributed by atoms with Gasteiger partial charge in [0.15, 0.2) is 11.6 Å². The number of aliphatic hydroxyl groups excluding tert-OH is 2. The molecule has 7 heteroatoms. The average molecular weight is 477 g/mol. The Morgan fingerprint density at radius 3 is 2.38 bits per heavy atom. The molecule has 0 amide bonds. The zero-order valence-corrected chi connectivity index (χ0v) is 21.3. The van der Waals surface area contributed by atoms with Crippen LogP contribution >= 0.6 is 0 Å². The van der Waals surface area contributed by atoms with Crippen molar-refractivity contribution in [3.8, 4) is 0 Å². The largest absolute Gasteiger partial charge is 0.460 e. The first-order valence-electron chi connectivity index (χ1n) is 12.3. The summed E-state index contributed by atoms with van der Waals surface area (Å²) < 4.78 is 4.80. The lowest BCUT2D eigenvalue weighted by atomic mass is 9.46. The Morgan fingerprint density at radius 2 is 1.85 bits per heavy atom. The van der Waals surface area contributed by atoms with Gasteiger partial charge in [0.1, 0.15) is 17.8 Å². The normalized spacial score (nSPS) is 40.7. The van der Waals surface area contributed by atoms with Crippen molar-refractivity contribution in [1.29, 1.82) is 0 Å². The van der Waals surface area contributed by atoms with Gasteiger partial charge in [-0.1, -0.05) is 25.5 Å². The van der Waals surface area contributed by atoms with E-state index in [1.54, 1.807) is 12.2 Å². The molecule has 4 rings (SSSR count). The lowest BCUT2D eigenvalue weighted by Gasteiger charge is -2.59. The number of ether oxygens (including phenoxy) is 1. The molecule has 7 atom stereocenters. The smallest absolute Gasteiger partial charge is 0.303 e. The Kier molecular flexibility index (Phi) is 7.08. The maximum atomic E-state index is 12.4. The van der Waals surface area contributed by atoms with Gasteiger partial charge < -0.3 is 20.1 Å². The molecule has 0 aromatic rings. The number of aliphatic hydroxyl groups is 3. The third-order valence-corrected chi connectivity index (χ3v) is 8.70. The van der Waals surface area contributed by atoms with Crippen LogP contribution in [0.3, 0.4) is 0 Å². The van der Waals surface area contributed by atoms with Gasteiger partial charge in [-0.05, 0) is 76.9 Å². The summed E-state index contributed by atoms with van der Waals surface area (Å²) in [6, 6.07) is 0. The van der Waals surface area contributed by atoms with Gasteiger partial charge in [-0.15, -0.1) is 0 Å². The van der Waals surface area contributed by atoms with E-state index >= 15 is 0 Å². The zero-order chi connectivity index (χ0) is 25.7. The number of allylic oxidation sites excluding steroid dienone is 4. The molecule has 0 aromatic carbocycles. The van der Waals surface area contributed by atoms with E-state index < -0.39 is 29.5 Å². The molecule has 0 spiro atoms. The minimum absolute atomic E-state index is 0.00912. The molecule has 0 aliphatic heterocycles. The second kappa shape index (κ2) is 8.99. The topological polar surface area (TPSA) is 121 Å². The van der Waals surface area contributed by atoms with Crippen LogP contribution in [0.25, 0.3) is 0 Å². The van der Waals surface area contributed by atoms with Gasteiger partial charge in [0, 0.05) is 23.7 Å². The van der Waals surface area contributed by atoms with Crippen LogP contribution in [0.4, 0.5) is 0 Å². The molecule has 3 N–H and O–H groups in total. The monoisotopic (exact) mass is 476 g/mol. The molecule has 7 nitrogen and oxygen atoms in total. The Morgan fingerprint density at radius 1 is 1.21 bits per heavy atom. The van der Waals surface area contributed by atoms with Gasteiger partial charge in [0.25, 0.3) is 0 Å². The molecule has 4 aliphatic rings. The SMILES string of the molecule is CC(=O)OC(C)(C)C.C[C@]12C=CC(=O)C=C1CC[C@@H]1[C@@H]2[C@@H](O)C[C@@]2(C)[C@H]1CC[C@]2(O)C(=O)CO. The number of ketones is 2. The van der Waals surface area contributed by atoms with Gasteiger partial charge >= 0.3 is 5.97 Å². The summed E-state index contributed by atoms with van der Waals surface area (Å²) in [6.45, 7) is 10.3. The fourth-order valence-electron chi connectivity index (χ4n) is 7.35. The van der Waals surface area contributed by atoms with Crippen LogP contribution in [0.15, 0.2) is 23.8 Å². The third kappa shape index (κ3) is 4.42. The number of esters is 1. The van der Waals surface area contributed by atoms with E-state index in [4.69, 9.17) is 4.74 Å². The maximum Gasteiger partial charge on any atom is 0.303 e. The number of Topliss-reactive ketones (excluding diaryl/α,β-unsaturated/α-hetero) is 1. The Bertz CT molecular complexity index is 912. The van der Waals surface area contributed by atoms with Gasteiger partial charge in [0.2, 0.25) is 0 Å². The molecule has 3 saturated carbocycles. The standard InChI is InChI=1S/C21H28O5.C6H12O2/c1-19-7-5-13(23)9-12(19)3-4-14-15-6-8-21(26,17(25)11-22)20(15,2)10-16(24)18(14)19;1-5(7)8-6(2,3)4/h5,7,9,14-16,18,22,24,26H,3-4,6,8,10-11H2,1-2H3;1-4H3/t14-,15-,16-,18+,19-,20-,21-;/m0./s1. The number of fused-ring (bicyclic) bond motifs is 5. The molecule has 0 unspecified atom stereocenters. The van der Waals surface area contributed by atoms with Crippen molar-refractivity contribution in [2.24, 2.45) is 28.6 Å². The van der Waals surface area contributed by atoms with Crippen LogP contribution in [-0.2, 0) is 19.1 Å². The first kappa shape index (κ1) is 26.8. The molecular formula is C27H40O7. The summed E-state index contributed by atoms with van der Waals surface area (Å²) in [6.07, 6.45) is 7.68. The summed E-state index contributed by atoms with van der Waals surface area (Å²) in [4.78, 5) is 34.4. The average Bonchev–Trinajstić information content (AvgIpc) is 2.97. The van der Waals surface area contributed by atoms with Gasteiger partial charge in [-0.3, -0.25) is 14.4 Å². The van der Waals surface area contributed by atoms with E-state index in [1.807, 2.05) is 33.8 Å². The molecule has 34 heavy (non-hydrogen) atoms. The van der Waals surface area contributed by atoms with E-state index in [1.165, 1.54) is 6.92 Å². The molecule has 3 fully saturated rings. The summed E-state index contributed by atoms with van der Waals surface area (Å²) in [5, 5.41) is 31.7. The Balaban J connectivity index is 0.000000350. The van der Waals surface area contributed by atoms with Crippen molar-refractivity contribution in [1.82, 2.24) is 0 Å². The van der Waals surface area contributed by atoms with Crippen molar-refractivity contribution < 1.29 is 34.4 Å². The molecule has 0 saturated heterocycles. The van der Waals surface area contributed by atoms with Crippen LogP contribution < -0.4 is 0 Å². The first-order chi connectivity index (χ1) is 15.6. The zero-order valence-electron chi connectivity index (χ0n) is 21.3. The summed E-state index contributed by atoms with van der Waals surface area (Å²) in [5.41, 5.74) is -1.87. The highest BCUT2D eigenvalue weighted by Gasteiger charge is 2.67. The fraction of sp³-hybridized carbons (Fsp3) is 0.741. The summed E-state index contributed by atoms with van der Waals surface area (Å²) >= 11 is 0. The first-order valence-corrected chi connectivity index (χ1v) is 12.3. The molecule has 0 radical (unpaired) electrons. The van der Waals surface area contributed by atoms with Gasteiger partial charge in [-0.2, -0.15) is 0 Å². The Hall–Kier alpha value is -1.83. The van der Waals surface area contributed by atoms with Crippen LogP contribution in [0.2, 0.25) is 0 Å². The minimum atomic E-state index is -1.56. The number of hydrogen-bond acceptors (Lipinski definition) is 7. The van der Waals surface area contributed by atoms with Crippen LogP contribution in [0.1, 0.15) is 73.6 Å². The van der Waals surface area contributed by atoms with Crippen LogP contribution in [0.5, 0.6) is 0 Å². The molecule has 0 bridgehead atoms. The van der Waals surface area contributed by atoms with E-state index in [-0.39, 0.29) is 40.5 Å². The third-order valence-electron chi connectivity index (χ3n) is 8.70. The van der Waals surface area contributed by atoms with Crippen molar-refractivity contribution in [2.75, 3.05) is 6.61 Å². The minimum Gasteiger partial charge on any atom is -0.460 e. The van der Waals surface area contributed by atoms with Crippen LogP contribution in [0, 0.1) is 28.6 Å². The number of rotatable bonds is 2. The number of carbonyl (C=O) groups excluding carboxylic acids is 3. The predicted octanol–water partition coefficient (Wildman–Crippen LogP) is 2.91. The molecule has 190 valence electrons. The Labute approximate surface area is 202 Å². The van der Waals surface area contributed by atoms with Gasteiger partial charge in [-0.25, -0.2) is 0 Å². The molecular weight excluding hydrogens is 436 g/mol. The highest BCUT2D eigenvalue weighted by molar-refractivity contribution is 6.01. The van der Waals surface area contributed by atoms with Crippen LogP contribution in [-0.4, -0.2) is 56.8 Å². The lowest BCUT2D eigenvalue weighted by Crippen LogP contribution is -2.61. The summed E-state index contributed by atoms with van der Waals surface area (Å²) in [7, 11) is 0. The predicted molar refractivity (Wildman–Crippen MR) is 127 cm³/mol. The second-order valence-electron chi connectivity index (χ2n) is 11.9. The lowest BCUT2D eigenvalue weighted by molar-refractivity contribution is -0.178. The number of hydrogen-bond donors (Lipinski definition) is 3. The maximum absolute atomic E-state index is 12.4. The highest BCUT2D eigenvalue weighted by Crippen LogP contribution is 2.67. The van der Waals surface area contributed by atoms with E-state index in [0.29, 0.717) is 12.8 Å². The van der Waals surface area contributed by atoms with E-state index in [2.05, 4.69) is 6.92 Å². The summed E-state index contributed by atoms with van der Waals surface area (Å²) in [5.74, 6) is -0.451. The van der Waals surface area contributed by atoms with Crippen molar-refractivity contribution in [3.63, 3.8) is 0 Å². The molecule has 4 aliphatic carbocycles. The highest BCUT2D eigenvalue weighted by atomic mass is 16.6. The molecule has 0 heterocycles.